The lowest BCUT2D eigenvalue weighted by atomic mass is 9.95. The van der Waals surface area contributed by atoms with E-state index in [0.717, 1.165) is 30.4 Å². The fraction of sp³-hybridized carbons (Fsp3) is 0.575. The summed E-state index contributed by atoms with van der Waals surface area (Å²) in [7, 11) is 6.91. The zero-order chi connectivity index (χ0) is 39.5. The minimum Gasteiger partial charge on any atom is -0.479 e. The van der Waals surface area contributed by atoms with Crippen LogP contribution in [0.25, 0.3) is 0 Å². The average Bonchev–Trinajstić information content (AvgIpc) is 3.18. The van der Waals surface area contributed by atoms with Crippen molar-refractivity contribution in [1.82, 2.24) is 9.80 Å². The van der Waals surface area contributed by atoms with Crippen molar-refractivity contribution < 1.29 is 52.8 Å². The van der Waals surface area contributed by atoms with Crippen molar-refractivity contribution in [3.8, 4) is 0 Å². The predicted octanol–water partition coefficient (Wildman–Crippen LogP) is 3.58. The average molecular weight is 756 g/mol. The van der Waals surface area contributed by atoms with Gasteiger partial charge in [0.1, 0.15) is 25.4 Å². The van der Waals surface area contributed by atoms with Crippen molar-refractivity contribution in [3.63, 3.8) is 0 Å². The molecule has 3 aliphatic heterocycles. The van der Waals surface area contributed by atoms with Crippen LogP contribution < -0.4 is 5.73 Å². The van der Waals surface area contributed by atoms with Crippen LogP contribution in [-0.4, -0.2) is 117 Å². The molecule has 3 fully saturated rings. The van der Waals surface area contributed by atoms with Crippen LogP contribution in [0.4, 0.5) is 0 Å². The summed E-state index contributed by atoms with van der Waals surface area (Å²) in [5.41, 5.74) is 7.55. The molecule has 0 aliphatic carbocycles. The van der Waals surface area contributed by atoms with Gasteiger partial charge < -0.3 is 44.3 Å². The van der Waals surface area contributed by atoms with Crippen LogP contribution in [0.2, 0.25) is 0 Å². The molecule has 0 saturated carbocycles. The number of carboxylic acids is 1. The lowest BCUT2D eigenvalue weighted by molar-refractivity contribution is -0.157. The Hall–Kier alpha value is -4.37. The molecular weight excluding hydrogens is 698 g/mol. The molecule has 54 heavy (non-hydrogen) atoms. The Balaban J connectivity index is 0.000000227. The molecule has 2 aromatic carbocycles. The number of amides is 2. The maximum Gasteiger partial charge on any atom is 0.332 e. The molecule has 6 atom stereocenters. The first-order valence-electron chi connectivity index (χ1n) is 18.5. The third-order valence-electron chi connectivity index (χ3n) is 9.16. The van der Waals surface area contributed by atoms with Crippen LogP contribution in [0.5, 0.6) is 0 Å². The minimum absolute atomic E-state index is 0.00916. The highest BCUT2D eigenvalue weighted by molar-refractivity contribution is 5.81. The molecule has 2 amide bonds. The van der Waals surface area contributed by atoms with Gasteiger partial charge in [0.25, 0.3) is 11.8 Å². The van der Waals surface area contributed by atoms with Crippen LogP contribution in [0.15, 0.2) is 60.7 Å². The molecule has 0 spiro atoms. The summed E-state index contributed by atoms with van der Waals surface area (Å²) in [6, 6.07) is 19.2. The molecule has 3 aliphatic rings. The Morgan fingerprint density at radius 2 is 1.00 bits per heavy atom. The van der Waals surface area contributed by atoms with Crippen molar-refractivity contribution in [2.24, 2.45) is 17.6 Å². The summed E-state index contributed by atoms with van der Waals surface area (Å²) in [6.07, 6.45) is 3.48. The number of carboxylic acid groups (broad SMARTS) is 1. The standard InChI is InChI=1S/C17H23NO4.C15H18O5.C8H16N2O2/c1-18(2)17(20)15-9-8-14(12-21-15)10-16(19)22-11-13-6-4-3-5-7-13;16-14(20-9-11-4-2-1-3-5-11)8-12-6-7-13(15(17)18)19-10-12;1-10(2)8(11)7-4-3-6(9)5-12-7/h3-7,14-15H,8-12H2,1-2H3;1-5,12-13H,6-10H2,(H,17,18);6-7H,3-5,9H2,1-2H3/t14-,15-;12-,13-;6-,7+/m001/s1. The van der Waals surface area contributed by atoms with E-state index in [9.17, 15) is 24.0 Å². The van der Waals surface area contributed by atoms with Gasteiger partial charge in [0.05, 0.1) is 32.7 Å². The number of nitrogens with two attached hydrogens (primary N) is 1. The molecule has 3 N–H and O–H groups in total. The van der Waals surface area contributed by atoms with E-state index in [0.29, 0.717) is 52.1 Å². The Morgan fingerprint density at radius 3 is 1.33 bits per heavy atom. The van der Waals surface area contributed by atoms with E-state index in [4.69, 9.17) is 34.5 Å². The molecule has 3 heterocycles. The highest BCUT2D eigenvalue weighted by Crippen LogP contribution is 2.24. The van der Waals surface area contributed by atoms with Crippen molar-refractivity contribution in [2.45, 2.75) is 88.9 Å². The van der Waals surface area contributed by atoms with Crippen LogP contribution in [-0.2, 0) is 60.9 Å². The van der Waals surface area contributed by atoms with Crippen LogP contribution >= 0.6 is 0 Å². The maximum absolute atomic E-state index is 11.9. The number of hydrogen-bond donors (Lipinski definition) is 2. The number of hydrogen-bond acceptors (Lipinski definition) is 11. The van der Waals surface area contributed by atoms with Crippen molar-refractivity contribution in [3.05, 3.63) is 71.8 Å². The zero-order valence-electron chi connectivity index (χ0n) is 31.9. The molecular formula is C40H57N3O11. The predicted molar refractivity (Wildman–Crippen MR) is 199 cm³/mol. The lowest BCUT2D eigenvalue weighted by Gasteiger charge is -2.29. The molecule has 2 aromatic rings. The third kappa shape index (κ3) is 16.3. The van der Waals surface area contributed by atoms with Gasteiger partial charge >= 0.3 is 17.9 Å². The summed E-state index contributed by atoms with van der Waals surface area (Å²) >= 11 is 0. The largest absolute Gasteiger partial charge is 0.479 e. The maximum atomic E-state index is 11.9. The monoisotopic (exact) mass is 755 g/mol. The Kier molecular flexibility index (Phi) is 19.1. The first kappa shape index (κ1) is 44.0. The van der Waals surface area contributed by atoms with Gasteiger partial charge in [0, 0.05) is 34.2 Å². The summed E-state index contributed by atoms with van der Waals surface area (Å²) in [5.74, 6) is -1.20. The fourth-order valence-electron chi connectivity index (χ4n) is 5.93. The number of carbonyl (C=O) groups is 5. The second-order valence-corrected chi connectivity index (χ2v) is 14.2. The summed E-state index contributed by atoms with van der Waals surface area (Å²) in [5, 5.41) is 8.80. The van der Waals surface area contributed by atoms with Gasteiger partial charge in [0.15, 0.2) is 6.10 Å². The molecule has 14 nitrogen and oxygen atoms in total. The van der Waals surface area contributed by atoms with Crippen LogP contribution in [0, 0.1) is 11.8 Å². The van der Waals surface area contributed by atoms with Gasteiger partial charge in [-0.15, -0.1) is 0 Å². The van der Waals surface area contributed by atoms with E-state index in [1.54, 1.807) is 38.0 Å². The summed E-state index contributed by atoms with van der Waals surface area (Å²) in [6.45, 7) is 1.81. The van der Waals surface area contributed by atoms with E-state index >= 15 is 0 Å². The number of ether oxygens (including phenoxy) is 5. The summed E-state index contributed by atoms with van der Waals surface area (Å²) < 4.78 is 26.6. The highest BCUT2D eigenvalue weighted by Gasteiger charge is 2.30. The van der Waals surface area contributed by atoms with E-state index in [1.165, 1.54) is 0 Å². The number of esters is 2. The number of benzene rings is 2. The SMILES string of the molecule is CN(C)C(=O)[C@@H]1CC[C@@H](CC(=O)OCc2ccccc2)CO1.CN(C)C(=O)[C@@H]1CC[C@@H](N)CO1.O=C(C[C@@H]1CC[C@@H](C(=O)O)OC1)OCc1ccccc1. The Labute approximate surface area is 318 Å². The number of rotatable bonds is 11. The van der Waals surface area contributed by atoms with E-state index in [1.807, 2.05) is 60.7 Å². The second-order valence-electron chi connectivity index (χ2n) is 14.2. The molecule has 14 heteroatoms. The molecule has 5 rings (SSSR count). The zero-order valence-corrected chi connectivity index (χ0v) is 31.9. The highest BCUT2D eigenvalue weighted by atomic mass is 16.5. The van der Waals surface area contributed by atoms with E-state index < -0.39 is 12.1 Å². The molecule has 298 valence electrons. The Morgan fingerprint density at radius 1 is 0.611 bits per heavy atom. The van der Waals surface area contributed by atoms with Gasteiger partial charge in [-0.3, -0.25) is 19.2 Å². The first-order chi connectivity index (χ1) is 25.8. The quantitative estimate of drug-likeness (QED) is 0.319. The number of nitrogens with zero attached hydrogens (tertiary/aromatic N) is 2. The molecule has 3 saturated heterocycles. The second kappa shape index (κ2) is 23.4. The van der Waals surface area contributed by atoms with Gasteiger partial charge in [-0.25, -0.2) is 4.79 Å². The van der Waals surface area contributed by atoms with Gasteiger partial charge in [-0.05, 0) is 61.5 Å². The molecule has 0 aromatic heterocycles. The lowest BCUT2D eigenvalue weighted by Crippen LogP contribution is -2.43. The first-order valence-corrected chi connectivity index (χ1v) is 18.5. The van der Waals surface area contributed by atoms with Crippen molar-refractivity contribution in [1.29, 1.82) is 0 Å². The minimum atomic E-state index is -0.935. The molecule has 0 radical (unpaired) electrons. The van der Waals surface area contributed by atoms with E-state index in [2.05, 4.69) is 0 Å². The van der Waals surface area contributed by atoms with Crippen LogP contribution in [0.3, 0.4) is 0 Å². The Bertz CT molecular complexity index is 1430. The topological polar surface area (TPSA) is 184 Å². The number of aliphatic carboxylic acids is 1. The number of carbonyl (C=O) groups excluding carboxylic acids is 4. The smallest absolute Gasteiger partial charge is 0.332 e. The molecule has 0 bridgehead atoms. The van der Waals surface area contributed by atoms with Crippen molar-refractivity contribution in [2.75, 3.05) is 48.0 Å². The van der Waals surface area contributed by atoms with E-state index in [-0.39, 0.29) is 66.9 Å². The van der Waals surface area contributed by atoms with Gasteiger partial charge in [-0.1, -0.05) is 60.7 Å². The van der Waals surface area contributed by atoms with Crippen LogP contribution in [0.1, 0.15) is 62.5 Å². The number of likely N-dealkylation sites (N-methyl/N-ethyl adjacent to an activating group) is 2. The molecule has 0 unspecified atom stereocenters. The summed E-state index contributed by atoms with van der Waals surface area (Å²) in [4.78, 5) is 60.5. The van der Waals surface area contributed by atoms with Gasteiger partial charge in [0.2, 0.25) is 0 Å². The van der Waals surface area contributed by atoms with Gasteiger partial charge in [-0.2, -0.15) is 0 Å². The van der Waals surface area contributed by atoms with Crippen molar-refractivity contribution >= 4 is 29.7 Å². The normalized spacial score (nSPS) is 23.5. The fourth-order valence-corrected chi connectivity index (χ4v) is 5.93. The third-order valence-corrected chi connectivity index (χ3v) is 9.16.